The Labute approximate surface area is 125 Å². The van der Waals surface area contributed by atoms with E-state index in [1.54, 1.807) is 6.20 Å². The Morgan fingerprint density at radius 3 is 2.81 bits per heavy atom. The SMILES string of the molecule is O=C(CCNc1cccc2cccnc12)N1CCCCC1. The highest BCUT2D eigenvalue weighted by molar-refractivity contribution is 5.90. The number of nitrogens with zero attached hydrogens (tertiary/aromatic N) is 2. The molecular weight excluding hydrogens is 262 g/mol. The van der Waals surface area contributed by atoms with Gasteiger partial charge in [-0.15, -0.1) is 0 Å². The maximum absolute atomic E-state index is 12.1. The third kappa shape index (κ3) is 3.32. The van der Waals surface area contributed by atoms with E-state index in [0.29, 0.717) is 13.0 Å². The summed E-state index contributed by atoms with van der Waals surface area (Å²) in [5.74, 6) is 0.260. The van der Waals surface area contributed by atoms with Crippen LogP contribution in [-0.4, -0.2) is 35.4 Å². The predicted octanol–water partition coefficient (Wildman–Crippen LogP) is 3.05. The fourth-order valence-electron chi connectivity index (χ4n) is 2.85. The number of anilines is 1. The molecule has 1 saturated heterocycles. The van der Waals surface area contributed by atoms with E-state index in [-0.39, 0.29) is 5.91 Å². The number of rotatable bonds is 4. The lowest BCUT2D eigenvalue weighted by atomic mass is 10.1. The Balaban J connectivity index is 1.58. The Morgan fingerprint density at radius 1 is 1.14 bits per heavy atom. The normalized spacial score (nSPS) is 15.1. The third-order valence-corrected chi connectivity index (χ3v) is 4.00. The molecule has 110 valence electrons. The Kier molecular flexibility index (Phi) is 4.34. The molecule has 1 aromatic heterocycles. The van der Waals surface area contributed by atoms with E-state index in [0.717, 1.165) is 42.5 Å². The largest absolute Gasteiger partial charge is 0.383 e. The summed E-state index contributed by atoms with van der Waals surface area (Å²) in [4.78, 5) is 18.5. The second kappa shape index (κ2) is 6.57. The minimum absolute atomic E-state index is 0.260. The van der Waals surface area contributed by atoms with Crippen molar-refractivity contribution in [3.8, 4) is 0 Å². The fraction of sp³-hybridized carbons (Fsp3) is 0.412. The van der Waals surface area contributed by atoms with Gasteiger partial charge in [0, 0.05) is 37.6 Å². The standard InChI is InChI=1S/C17H21N3O/c21-16(20-12-2-1-3-13-20)9-11-18-15-8-4-6-14-7-5-10-19-17(14)15/h4-8,10,18H,1-3,9,11-13H2. The van der Waals surface area contributed by atoms with Gasteiger partial charge in [0.25, 0.3) is 0 Å². The van der Waals surface area contributed by atoms with Crippen LogP contribution in [0.3, 0.4) is 0 Å². The van der Waals surface area contributed by atoms with Crippen molar-refractivity contribution >= 4 is 22.5 Å². The molecule has 1 fully saturated rings. The topological polar surface area (TPSA) is 45.2 Å². The quantitative estimate of drug-likeness (QED) is 0.938. The van der Waals surface area contributed by atoms with Gasteiger partial charge in [-0.1, -0.05) is 18.2 Å². The molecule has 0 saturated carbocycles. The minimum Gasteiger partial charge on any atom is -0.383 e. The molecule has 0 unspecified atom stereocenters. The Morgan fingerprint density at radius 2 is 1.95 bits per heavy atom. The van der Waals surface area contributed by atoms with Gasteiger partial charge in [-0.2, -0.15) is 0 Å². The summed E-state index contributed by atoms with van der Waals surface area (Å²) in [6.07, 6.45) is 5.89. The van der Waals surface area contributed by atoms with Crippen molar-refractivity contribution in [2.45, 2.75) is 25.7 Å². The Bertz CT molecular complexity index is 615. The summed E-state index contributed by atoms with van der Waals surface area (Å²) in [7, 11) is 0. The number of nitrogens with one attached hydrogen (secondary N) is 1. The smallest absolute Gasteiger partial charge is 0.224 e. The average molecular weight is 283 g/mol. The molecular formula is C17H21N3O. The van der Waals surface area contributed by atoms with Crippen molar-refractivity contribution in [3.05, 3.63) is 36.5 Å². The van der Waals surface area contributed by atoms with Crippen molar-refractivity contribution in [2.24, 2.45) is 0 Å². The fourth-order valence-corrected chi connectivity index (χ4v) is 2.85. The molecule has 4 nitrogen and oxygen atoms in total. The van der Waals surface area contributed by atoms with Crippen LogP contribution in [0.1, 0.15) is 25.7 Å². The molecule has 2 aromatic rings. The lowest BCUT2D eigenvalue weighted by Crippen LogP contribution is -2.36. The molecule has 0 aliphatic carbocycles. The number of hydrogen-bond donors (Lipinski definition) is 1. The zero-order chi connectivity index (χ0) is 14.5. The highest BCUT2D eigenvalue weighted by Gasteiger charge is 2.15. The number of likely N-dealkylation sites (tertiary alicyclic amines) is 1. The zero-order valence-electron chi connectivity index (χ0n) is 12.2. The van der Waals surface area contributed by atoms with Crippen molar-refractivity contribution in [1.82, 2.24) is 9.88 Å². The molecule has 0 spiro atoms. The lowest BCUT2D eigenvalue weighted by molar-refractivity contribution is -0.131. The van der Waals surface area contributed by atoms with Gasteiger partial charge in [0.1, 0.15) is 0 Å². The van der Waals surface area contributed by atoms with Crippen molar-refractivity contribution in [1.29, 1.82) is 0 Å². The number of aromatic nitrogens is 1. The van der Waals surface area contributed by atoms with Gasteiger partial charge in [-0.05, 0) is 31.4 Å². The molecule has 1 aromatic carbocycles. The second-order valence-electron chi connectivity index (χ2n) is 5.50. The highest BCUT2D eigenvalue weighted by atomic mass is 16.2. The number of hydrogen-bond acceptors (Lipinski definition) is 3. The monoisotopic (exact) mass is 283 g/mol. The average Bonchev–Trinajstić information content (AvgIpc) is 2.56. The molecule has 1 aliphatic heterocycles. The van der Waals surface area contributed by atoms with E-state index in [9.17, 15) is 4.79 Å². The number of para-hydroxylation sites is 1. The number of fused-ring (bicyclic) bond motifs is 1. The maximum Gasteiger partial charge on any atom is 0.224 e. The molecule has 4 heteroatoms. The summed E-state index contributed by atoms with van der Waals surface area (Å²) in [6.45, 7) is 2.51. The van der Waals surface area contributed by atoms with Gasteiger partial charge in [0.15, 0.2) is 0 Å². The highest BCUT2D eigenvalue weighted by Crippen LogP contribution is 2.20. The third-order valence-electron chi connectivity index (χ3n) is 4.00. The van der Waals surface area contributed by atoms with Crippen LogP contribution in [0.2, 0.25) is 0 Å². The van der Waals surface area contributed by atoms with Crippen LogP contribution in [0.25, 0.3) is 10.9 Å². The molecule has 0 radical (unpaired) electrons. The van der Waals surface area contributed by atoms with Crippen molar-refractivity contribution in [3.63, 3.8) is 0 Å². The number of pyridine rings is 1. The van der Waals surface area contributed by atoms with Crippen LogP contribution in [0.15, 0.2) is 36.5 Å². The van der Waals surface area contributed by atoms with Gasteiger partial charge in [-0.25, -0.2) is 0 Å². The van der Waals surface area contributed by atoms with E-state index in [1.165, 1.54) is 6.42 Å². The summed E-state index contributed by atoms with van der Waals surface area (Å²) in [5, 5.41) is 4.46. The first-order valence-corrected chi connectivity index (χ1v) is 7.70. The molecule has 21 heavy (non-hydrogen) atoms. The van der Waals surface area contributed by atoms with Crippen LogP contribution >= 0.6 is 0 Å². The molecule has 0 atom stereocenters. The van der Waals surface area contributed by atoms with Gasteiger partial charge >= 0.3 is 0 Å². The van der Waals surface area contributed by atoms with Crippen LogP contribution in [0.4, 0.5) is 5.69 Å². The number of benzene rings is 1. The van der Waals surface area contributed by atoms with Crippen LogP contribution in [0, 0.1) is 0 Å². The summed E-state index contributed by atoms with van der Waals surface area (Å²) in [6, 6.07) is 10.1. The van der Waals surface area contributed by atoms with Crippen molar-refractivity contribution in [2.75, 3.05) is 25.0 Å². The first-order valence-electron chi connectivity index (χ1n) is 7.70. The van der Waals surface area contributed by atoms with Crippen LogP contribution < -0.4 is 5.32 Å². The lowest BCUT2D eigenvalue weighted by Gasteiger charge is -2.26. The van der Waals surface area contributed by atoms with Crippen LogP contribution in [-0.2, 0) is 4.79 Å². The van der Waals surface area contributed by atoms with E-state index in [1.807, 2.05) is 35.2 Å². The van der Waals surface area contributed by atoms with Gasteiger partial charge in [0.2, 0.25) is 5.91 Å². The number of amides is 1. The van der Waals surface area contributed by atoms with E-state index < -0.39 is 0 Å². The molecule has 2 heterocycles. The number of piperidine rings is 1. The van der Waals surface area contributed by atoms with E-state index >= 15 is 0 Å². The summed E-state index contributed by atoms with van der Waals surface area (Å²) >= 11 is 0. The minimum atomic E-state index is 0.260. The molecule has 3 rings (SSSR count). The predicted molar refractivity (Wildman–Crippen MR) is 85.3 cm³/mol. The first kappa shape index (κ1) is 13.9. The van der Waals surface area contributed by atoms with E-state index in [4.69, 9.17) is 0 Å². The zero-order valence-corrected chi connectivity index (χ0v) is 12.2. The van der Waals surface area contributed by atoms with Crippen molar-refractivity contribution < 1.29 is 4.79 Å². The molecule has 1 N–H and O–H groups in total. The maximum atomic E-state index is 12.1. The second-order valence-corrected chi connectivity index (χ2v) is 5.50. The van der Waals surface area contributed by atoms with Gasteiger partial charge in [-0.3, -0.25) is 9.78 Å². The van der Waals surface area contributed by atoms with Gasteiger partial charge in [0.05, 0.1) is 11.2 Å². The molecule has 0 bridgehead atoms. The van der Waals surface area contributed by atoms with E-state index in [2.05, 4.69) is 10.3 Å². The number of carbonyl (C=O) groups is 1. The van der Waals surface area contributed by atoms with Gasteiger partial charge < -0.3 is 10.2 Å². The first-order chi connectivity index (χ1) is 10.3. The summed E-state index contributed by atoms with van der Waals surface area (Å²) < 4.78 is 0. The molecule has 1 aliphatic rings. The van der Waals surface area contributed by atoms with Crippen LogP contribution in [0.5, 0.6) is 0 Å². The Hall–Kier alpha value is -2.10. The number of carbonyl (C=O) groups excluding carboxylic acids is 1. The molecule has 1 amide bonds. The summed E-state index contributed by atoms with van der Waals surface area (Å²) in [5.41, 5.74) is 1.96.